The maximum absolute atomic E-state index is 12.3. The highest BCUT2D eigenvalue weighted by atomic mass is 16.2. The van der Waals surface area contributed by atoms with Gasteiger partial charge in [0, 0.05) is 39.1 Å². The summed E-state index contributed by atoms with van der Waals surface area (Å²) in [6, 6.07) is 0. The van der Waals surface area contributed by atoms with Crippen LogP contribution in [0.5, 0.6) is 0 Å². The van der Waals surface area contributed by atoms with Gasteiger partial charge in [0.25, 0.3) is 0 Å². The number of likely N-dealkylation sites (tertiary alicyclic amines) is 2. The number of fused-ring (bicyclic) bond motifs is 1. The number of nitrogens with zero attached hydrogens (tertiary/aromatic N) is 2. The van der Waals surface area contributed by atoms with Crippen LogP contribution in [0.1, 0.15) is 25.7 Å². The number of carbonyl (C=O) groups is 2. The fraction of sp³-hybridized carbons (Fsp3) is 0.857. The number of rotatable bonds is 2. The second-order valence-corrected chi connectivity index (χ2v) is 6.10. The third-order valence-electron chi connectivity index (χ3n) is 4.74. The normalized spacial score (nSPS) is 31.5. The molecule has 0 spiro atoms. The summed E-state index contributed by atoms with van der Waals surface area (Å²) in [6.45, 7) is 4.88. The van der Waals surface area contributed by atoms with Gasteiger partial charge in [-0.3, -0.25) is 9.59 Å². The average molecular weight is 265 g/mol. The van der Waals surface area contributed by atoms with E-state index in [0.717, 1.165) is 52.0 Å². The summed E-state index contributed by atoms with van der Waals surface area (Å²) >= 11 is 0. The average Bonchev–Trinajstić information content (AvgIpc) is 2.91. The summed E-state index contributed by atoms with van der Waals surface area (Å²) < 4.78 is 0. The van der Waals surface area contributed by atoms with Crippen molar-refractivity contribution in [2.75, 3.05) is 39.3 Å². The molecule has 0 aliphatic carbocycles. The van der Waals surface area contributed by atoms with Crippen molar-refractivity contribution < 1.29 is 9.59 Å². The largest absolute Gasteiger partial charge is 0.340 e. The summed E-state index contributed by atoms with van der Waals surface area (Å²) in [5.41, 5.74) is 0. The van der Waals surface area contributed by atoms with Gasteiger partial charge in [-0.25, -0.2) is 0 Å². The predicted molar refractivity (Wildman–Crippen MR) is 71.5 cm³/mol. The van der Waals surface area contributed by atoms with E-state index in [2.05, 4.69) is 5.32 Å². The van der Waals surface area contributed by atoms with Gasteiger partial charge in [0.05, 0.1) is 6.54 Å². The number of carbonyl (C=O) groups excluding carboxylic acids is 2. The van der Waals surface area contributed by atoms with Crippen LogP contribution in [0.3, 0.4) is 0 Å². The van der Waals surface area contributed by atoms with Crippen LogP contribution in [0.25, 0.3) is 0 Å². The molecule has 3 aliphatic rings. The van der Waals surface area contributed by atoms with E-state index in [1.54, 1.807) is 4.90 Å². The standard InChI is InChI=1S/C14H23N3O2/c18-13-4-2-1-3-5-16(13)10-14(19)17-8-11-6-15-7-12(11)9-17/h11-12,15H,1-10H2/t11-,12+. The van der Waals surface area contributed by atoms with Crippen LogP contribution in [0.15, 0.2) is 0 Å². The van der Waals surface area contributed by atoms with Gasteiger partial charge in [-0.2, -0.15) is 0 Å². The zero-order chi connectivity index (χ0) is 13.2. The molecule has 106 valence electrons. The molecule has 2 atom stereocenters. The van der Waals surface area contributed by atoms with Gasteiger partial charge in [-0.1, -0.05) is 6.42 Å². The second-order valence-electron chi connectivity index (χ2n) is 6.10. The van der Waals surface area contributed by atoms with Crippen LogP contribution in [-0.2, 0) is 9.59 Å². The van der Waals surface area contributed by atoms with Gasteiger partial charge in [0.2, 0.25) is 11.8 Å². The maximum atomic E-state index is 12.3. The molecule has 0 radical (unpaired) electrons. The minimum atomic E-state index is 0.143. The Balaban J connectivity index is 1.54. The minimum absolute atomic E-state index is 0.143. The van der Waals surface area contributed by atoms with E-state index < -0.39 is 0 Å². The van der Waals surface area contributed by atoms with Gasteiger partial charge in [0.1, 0.15) is 0 Å². The van der Waals surface area contributed by atoms with Gasteiger partial charge in [-0.15, -0.1) is 0 Å². The molecule has 0 aromatic heterocycles. The summed E-state index contributed by atoms with van der Waals surface area (Å²) in [5, 5.41) is 3.38. The smallest absolute Gasteiger partial charge is 0.242 e. The molecule has 1 N–H and O–H groups in total. The molecular weight excluding hydrogens is 242 g/mol. The lowest BCUT2D eigenvalue weighted by Gasteiger charge is -2.24. The van der Waals surface area contributed by atoms with Crippen molar-refractivity contribution >= 4 is 11.8 Å². The van der Waals surface area contributed by atoms with E-state index in [4.69, 9.17) is 0 Å². The van der Waals surface area contributed by atoms with Gasteiger partial charge < -0.3 is 15.1 Å². The zero-order valence-corrected chi connectivity index (χ0v) is 11.4. The van der Waals surface area contributed by atoms with Crippen LogP contribution in [-0.4, -0.2) is 60.9 Å². The molecule has 0 bridgehead atoms. The minimum Gasteiger partial charge on any atom is -0.340 e. The van der Waals surface area contributed by atoms with Crippen LogP contribution < -0.4 is 5.32 Å². The Morgan fingerprint density at radius 2 is 1.89 bits per heavy atom. The predicted octanol–water partition coefficient (Wildman–Crippen LogP) is 0.0668. The highest BCUT2D eigenvalue weighted by Crippen LogP contribution is 2.26. The van der Waals surface area contributed by atoms with Crippen molar-refractivity contribution in [1.29, 1.82) is 0 Å². The monoisotopic (exact) mass is 265 g/mol. The fourth-order valence-electron chi connectivity index (χ4n) is 3.53. The number of nitrogens with one attached hydrogen (secondary N) is 1. The lowest BCUT2D eigenvalue weighted by Crippen LogP contribution is -2.42. The molecular formula is C14H23N3O2. The molecule has 0 saturated carbocycles. The SMILES string of the molecule is O=C1CCCCCN1CC(=O)N1C[C@H]2CNC[C@H]2C1. The fourth-order valence-corrected chi connectivity index (χ4v) is 3.53. The van der Waals surface area contributed by atoms with Crippen LogP contribution >= 0.6 is 0 Å². The first-order valence-corrected chi connectivity index (χ1v) is 7.50. The molecule has 3 heterocycles. The highest BCUT2D eigenvalue weighted by molar-refractivity contribution is 5.85. The van der Waals surface area contributed by atoms with E-state index in [1.165, 1.54) is 0 Å². The molecule has 3 rings (SSSR count). The van der Waals surface area contributed by atoms with E-state index in [9.17, 15) is 9.59 Å². The van der Waals surface area contributed by atoms with Crippen LogP contribution in [0, 0.1) is 11.8 Å². The first kappa shape index (κ1) is 12.9. The Labute approximate surface area is 114 Å². The molecule has 3 aliphatic heterocycles. The van der Waals surface area contributed by atoms with E-state index in [0.29, 0.717) is 24.8 Å². The van der Waals surface area contributed by atoms with Gasteiger partial charge in [0.15, 0.2) is 0 Å². The summed E-state index contributed by atoms with van der Waals surface area (Å²) in [7, 11) is 0. The summed E-state index contributed by atoms with van der Waals surface area (Å²) in [5.74, 6) is 1.56. The first-order chi connectivity index (χ1) is 9.24. The lowest BCUT2D eigenvalue weighted by atomic mass is 10.0. The molecule has 0 aromatic carbocycles. The van der Waals surface area contributed by atoms with E-state index in [-0.39, 0.29) is 11.8 Å². The quantitative estimate of drug-likeness (QED) is 0.768. The van der Waals surface area contributed by atoms with Gasteiger partial charge >= 0.3 is 0 Å². The maximum Gasteiger partial charge on any atom is 0.242 e. The number of hydrogen-bond donors (Lipinski definition) is 1. The Bertz CT molecular complexity index is 360. The first-order valence-electron chi connectivity index (χ1n) is 7.50. The van der Waals surface area contributed by atoms with E-state index >= 15 is 0 Å². The second kappa shape index (κ2) is 5.49. The molecule has 0 aromatic rings. The highest BCUT2D eigenvalue weighted by Gasteiger charge is 2.38. The number of hydrogen-bond acceptors (Lipinski definition) is 3. The summed E-state index contributed by atoms with van der Waals surface area (Å²) in [6.07, 6.45) is 3.73. The molecule has 5 heteroatoms. The van der Waals surface area contributed by atoms with Crippen molar-refractivity contribution in [2.24, 2.45) is 11.8 Å². The molecule has 0 unspecified atom stereocenters. The van der Waals surface area contributed by atoms with Crippen molar-refractivity contribution in [1.82, 2.24) is 15.1 Å². The Hall–Kier alpha value is -1.10. The molecule has 3 fully saturated rings. The Kier molecular flexibility index (Phi) is 3.73. The van der Waals surface area contributed by atoms with Gasteiger partial charge in [-0.05, 0) is 24.7 Å². The Morgan fingerprint density at radius 1 is 1.16 bits per heavy atom. The zero-order valence-electron chi connectivity index (χ0n) is 11.4. The van der Waals surface area contributed by atoms with Crippen molar-refractivity contribution in [3.63, 3.8) is 0 Å². The molecule has 2 amide bonds. The van der Waals surface area contributed by atoms with Crippen molar-refractivity contribution in [3.05, 3.63) is 0 Å². The molecule has 5 nitrogen and oxygen atoms in total. The third kappa shape index (κ3) is 2.76. The van der Waals surface area contributed by atoms with Crippen molar-refractivity contribution in [2.45, 2.75) is 25.7 Å². The molecule has 3 saturated heterocycles. The van der Waals surface area contributed by atoms with Crippen LogP contribution in [0.2, 0.25) is 0 Å². The van der Waals surface area contributed by atoms with Crippen LogP contribution in [0.4, 0.5) is 0 Å². The number of amides is 2. The third-order valence-corrected chi connectivity index (χ3v) is 4.74. The Morgan fingerprint density at radius 3 is 2.63 bits per heavy atom. The topological polar surface area (TPSA) is 52.7 Å². The lowest BCUT2D eigenvalue weighted by molar-refractivity contribution is -0.139. The van der Waals surface area contributed by atoms with E-state index in [1.807, 2.05) is 4.90 Å². The molecule has 19 heavy (non-hydrogen) atoms. The van der Waals surface area contributed by atoms with Crippen molar-refractivity contribution in [3.8, 4) is 0 Å². The summed E-state index contributed by atoms with van der Waals surface area (Å²) in [4.78, 5) is 28.0.